The van der Waals surface area contributed by atoms with Crippen LogP contribution >= 0.6 is 35.2 Å². The Labute approximate surface area is 326 Å². The van der Waals surface area contributed by atoms with E-state index >= 15 is 0 Å². The van der Waals surface area contributed by atoms with Crippen molar-refractivity contribution in [2.75, 3.05) is 37.8 Å². The van der Waals surface area contributed by atoms with Crippen LogP contribution in [0.25, 0.3) is 11.2 Å². The number of amides is 2. The largest absolute Gasteiger partial charge is 0.507 e. The molecule has 1 aliphatic heterocycles. The van der Waals surface area contributed by atoms with Crippen molar-refractivity contribution >= 4 is 69.1 Å². The molecule has 0 spiro atoms. The number of hydrogen-bond donors (Lipinski definition) is 10. The van der Waals surface area contributed by atoms with E-state index in [1.165, 1.54) is 26.0 Å². The highest BCUT2D eigenvalue weighted by Gasteiger charge is 2.50. The number of aromatic nitrogens is 4. The average Bonchev–Trinajstić information content (AvgIpc) is 3.68. The number of phosphoric ester groups is 3. The Morgan fingerprint density at radius 2 is 1.72 bits per heavy atom. The zero-order valence-electron chi connectivity index (χ0n) is 29.8. The average molecular weight is 888 g/mol. The summed E-state index contributed by atoms with van der Waals surface area (Å²) in [6, 6.07) is 5.98. The summed E-state index contributed by atoms with van der Waals surface area (Å²) in [6.45, 7) is 0.279. The van der Waals surface area contributed by atoms with Gasteiger partial charge in [-0.2, -0.15) is 4.31 Å². The number of carbonyl (C=O) groups excluding carboxylic acids is 3. The Bertz CT molecular complexity index is 2070. The van der Waals surface area contributed by atoms with Crippen LogP contribution in [0.1, 0.15) is 36.9 Å². The maximum absolute atomic E-state index is 12.7. The number of fused-ring (bicyclic) bond motifs is 1. The molecule has 3 heterocycles. The minimum Gasteiger partial charge on any atom is -0.507 e. The predicted molar refractivity (Wildman–Crippen MR) is 195 cm³/mol. The van der Waals surface area contributed by atoms with E-state index in [2.05, 4.69) is 34.4 Å². The van der Waals surface area contributed by atoms with E-state index in [1.54, 1.807) is 12.1 Å². The lowest BCUT2D eigenvalue weighted by Crippen LogP contribution is -2.46. The molecule has 3 aromatic rings. The number of aliphatic hydroxyl groups excluding tert-OH is 2. The zero-order valence-corrected chi connectivity index (χ0v) is 33.3. The molecule has 0 bridgehead atoms. The van der Waals surface area contributed by atoms with Gasteiger partial charge in [-0.25, -0.2) is 28.6 Å². The quantitative estimate of drug-likeness (QED) is 0.0513. The number of para-hydroxylation sites is 1. The molecule has 1 aliphatic rings. The first-order valence-corrected chi connectivity index (χ1v) is 21.8. The van der Waals surface area contributed by atoms with Crippen molar-refractivity contribution in [3.05, 3.63) is 42.5 Å². The van der Waals surface area contributed by atoms with Crippen molar-refractivity contribution in [3.63, 3.8) is 0 Å². The van der Waals surface area contributed by atoms with Crippen molar-refractivity contribution in [2.24, 2.45) is 5.41 Å². The second-order valence-corrected chi connectivity index (χ2v) is 18.0. The van der Waals surface area contributed by atoms with Gasteiger partial charge in [0.15, 0.2) is 17.7 Å². The fourth-order valence-corrected chi connectivity index (χ4v) is 8.54. The molecule has 0 radical (unpaired) electrons. The Morgan fingerprint density at radius 1 is 1.04 bits per heavy atom. The van der Waals surface area contributed by atoms with E-state index in [-0.39, 0.29) is 58.7 Å². The summed E-state index contributed by atoms with van der Waals surface area (Å²) in [7, 11) is -16.4. The third-order valence-electron chi connectivity index (χ3n) is 7.86. The Kier molecular flexibility index (Phi) is 15.5. The molecular formula is C28H40N7O18P3S. The van der Waals surface area contributed by atoms with Crippen molar-refractivity contribution in [2.45, 2.75) is 50.9 Å². The Balaban J connectivity index is 1.23. The van der Waals surface area contributed by atoms with Gasteiger partial charge in [0, 0.05) is 30.7 Å². The highest BCUT2D eigenvalue weighted by molar-refractivity contribution is 8.14. The number of carbonyl (C=O) groups is 3. The molecule has 1 aromatic carbocycles. The molecule has 0 saturated carbocycles. The van der Waals surface area contributed by atoms with Gasteiger partial charge < -0.3 is 56.0 Å². The number of phenols is 1. The molecule has 4 rings (SSSR count). The van der Waals surface area contributed by atoms with Gasteiger partial charge in [0.25, 0.3) is 0 Å². The molecule has 11 N–H and O–H groups in total. The summed E-state index contributed by atoms with van der Waals surface area (Å²) in [6.07, 6.45) is -7.04. The van der Waals surface area contributed by atoms with Crippen LogP contribution in [0.5, 0.6) is 5.75 Å². The zero-order chi connectivity index (χ0) is 42.3. The molecule has 2 amide bonds. The molecule has 1 fully saturated rings. The van der Waals surface area contributed by atoms with Crippen LogP contribution in [-0.4, -0.2) is 128 Å². The summed E-state index contributed by atoms with van der Waals surface area (Å²) in [4.78, 5) is 87.8. The van der Waals surface area contributed by atoms with E-state index < -0.39 is 84.6 Å². The van der Waals surface area contributed by atoms with Crippen LogP contribution in [0.2, 0.25) is 0 Å². The summed E-state index contributed by atoms with van der Waals surface area (Å²) in [5.74, 6) is -1.53. The lowest BCUT2D eigenvalue weighted by atomic mass is 9.87. The number of imidazole rings is 1. The number of anilines is 1. The molecule has 25 nitrogen and oxygen atoms in total. The van der Waals surface area contributed by atoms with Gasteiger partial charge >= 0.3 is 23.5 Å². The molecule has 7 unspecified atom stereocenters. The van der Waals surface area contributed by atoms with Crippen molar-refractivity contribution in [1.29, 1.82) is 0 Å². The fourth-order valence-electron chi connectivity index (χ4n) is 5.00. The van der Waals surface area contributed by atoms with Crippen LogP contribution in [0.3, 0.4) is 0 Å². The third-order valence-corrected chi connectivity index (χ3v) is 11.8. The second kappa shape index (κ2) is 19.1. The number of rotatable bonds is 20. The molecular weight excluding hydrogens is 847 g/mol. The first kappa shape index (κ1) is 46.3. The number of nitrogen functional groups attached to an aromatic ring is 1. The number of thioether (sulfide) groups is 1. The van der Waals surface area contributed by atoms with E-state index in [0.29, 0.717) is 0 Å². The predicted octanol–water partition coefficient (Wildman–Crippen LogP) is -0.316. The van der Waals surface area contributed by atoms with E-state index in [1.807, 2.05) is 0 Å². The summed E-state index contributed by atoms with van der Waals surface area (Å²) >= 11 is 0.877. The monoisotopic (exact) mass is 887 g/mol. The van der Waals surface area contributed by atoms with Gasteiger partial charge in [0.2, 0.25) is 16.9 Å². The third kappa shape index (κ3) is 13.0. The summed E-state index contributed by atoms with van der Waals surface area (Å²) < 4.78 is 62.1. The number of aliphatic hydroxyl groups is 2. The van der Waals surface area contributed by atoms with E-state index in [4.69, 9.17) is 19.5 Å². The SMILES string of the molecule is CC(C)(COP(=O)(O)OP(=O)(O)OCC1OC(n2cnc3c(N)ncnc32)C(O)C1OP(=O)(O)O)C(O)C(=O)NCCC(=O)NCCSC(=O)c1ccccc1O. The van der Waals surface area contributed by atoms with Gasteiger partial charge in [-0.3, -0.25) is 32.5 Å². The van der Waals surface area contributed by atoms with Crippen LogP contribution in [0.4, 0.5) is 5.82 Å². The minimum atomic E-state index is -5.58. The maximum atomic E-state index is 12.7. The number of benzene rings is 1. The van der Waals surface area contributed by atoms with Crippen molar-refractivity contribution in [3.8, 4) is 5.75 Å². The van der Waals surface area contributed by atoms with Gasteiger partial charge in [0.05, 0.1) is 25.1 Å². The smallest absolute Gasteiger partial charge is 0.481 e. The number of aromatic hydroxyl groups is 1. The first-order valence-electron chi connectivity index (χ1n) is 16.3. The number of nitrogens with two attached hydrogens (primary N) is 1. The van der Waals surface area contributed by atoms with Crippen LogP contribution in [0, 0.1) is 5.41 Å². The van der Waals surface area contributed by atoms with Gasteiger partial charge in [-0.05, 0) is 12.1 Å². The molecule has 29 heteroatoms. The number of phenolic OH excluding ortho intramolecular Hbond substituents is 1. The van der Waals surface area contributed by atoms with Crippen molar-refractivity contribution < 1.29 is 85.6 Å². The lowest BCUT2D eigenvalue weighted by molar-refractivity contribution is -0.137. The normalized spacial score (nSPS) is 21.4. The number of hydrogen-bond acceptors (Lipinski definition) is 19. The van der Waals surface area contributed by atoms with Crippen molar-refractivity contribution in [1.82, 2.24) is 30.2 Å². The topological polar surface area (TPSA) is 384 Å². The first-order chi connectivity index (χ1) is 26.5. The Hall–Kier alpha value is -3.42. The number of ether oxygens (including phenoxy) is 1. The van der Waals surface area contributed by atoms with Crippen LogP contribution < -0.4 is 16.4 Å². The molecule has 7 atom stereocenters. The molecule has 57 heavy (non-hydrogen) atoms. The van der Waals surface area contributed by atoms with Crippen LogP contribution in [-0.2, 0) is 45.9 Å². The lowest BCUT2D eigenvalue weighted by Gasteiger charge is -2.30. The highest BCUT2D eigenvalue weighted by Crippen LogP contribution is 2.61. The minimum absolute atomic E-state index is 0.0237. The van der Waals surface area contributed by atoms with E-state index in [0.717, 1.165) is 29.0 Å². The molecule has 0 aliphatic carbocycles. The number of phosphoric acid groups is 3. The van der Waals surface area contributed by atoms with Crippen LogP contribution in [0.15, 0.2) is 36.9 Å². The van der Waals surface area contributed by atoms with E-state index in [9.17, 15) is 63.0 Å². The summed E-state index contributed by atoms with van der Waals surface area (Å²) in [5.41, 5.74) is 4.35. The van der Waals surface area contributed by atoms with Gasteiger partial charge in [-0.1, -0.05) is 37.7 Å². The van der Waals surface area contributed by atoms with Gasteiger partial charge in [0.1, 0.15) is 42.0 Å². The molecule has 1 saturated heterocycles. The van der Waals surface area contributed by atoms with Gasteiger partial charge in [-0.15, -0.1) is 0 Å². The second-order valence-electron chi connectivity index (χ2n) is 12.7. The number of nitrogens with one attached hydrogen (secondary N) is 2. The Morgan fingerprint density at radius 3 is 2.40 bits per heavy atom. The highest BCUT2D eigenvalue weighted by atomic mass is 32.2. The maximum Gasteiger partial charge on any atom is 0.481 e. The number of nitrogens with zero attached hydrogens (tertiary/aromatic N) is 4. The standard InChI is InChI=1S/C28H40N7O18P3S/c1-28(2,22(39)25(40)31-8-7-18(37)30-9-10-57-27(41)15-5-3-4-6-16(15)36)12-50-56(47,48)53-55(45,46)49-11-17-21(52-54(42,43)44)20(38)26(51-17)35-14-34-19-23(29)32-13-33-24(19)35/h3-6,13-14,17,20-22,26,36,38-39H,7-12H2,1-2H3,(H,30,37)(H,31,40)(H,45,46)(H,47,48)(H2,29,32,33)(H2,42,43,44). The fraction of sp³-hybridized carbons (Fsp3) is 0.500. The molecule has 2 aromatic heterocycles. The molecule has 316 valence electrons. The summed E-state index contributed by atoms with van der Waals surface area (Å²) in [5, 5.41) is 35.7.